The third kappa shape index (κ3) is 10.1. The third-order valence-corrected chi connectivity index (χ3v) is 5.91. The number of halogens is 1. The van der Waals surface area contributed by atoms with Crippen molar-refractivity contribution in [2.75, 3.05) is 26.7 Å². The fourth-order valence-electron chi connectivity index (χ4n) is 2.99. The third-order valence-electron chi connectivity index (χ3n) is 4.48. The second-order valence-corrected chi connectivity index (χ2v) is 9.14. The molecule has 0 spiro atoms. The summed E-state index contributed by atoms with van der Waals surface area (Å²) in [4.78, 5) is 7.33. The van der Waals surface area contributed by atoms with Crippen molar-refractivity contribution in [3.8, 4) is 0 Å². The quantitative estimate of drug-likeness (QED) is 0.174. The van der Waals surface area contributed by atoms with Gasteiger partial charge in [-0.05, 0) is 65.8 Å². The monoisotopic (exact) mass is 539 g/mol. The maximum Gasteiger partial charge on any atom is 0.240 e. The fraction of sp³-hybridized carbons (Fsp3) is 0.650. The van der Waals surface area contributed by atoms with Crippen LogP contribution >= 0.6 is 24.0 Å². The highest BCUT2D eigenvalue weighted by Crippen LogP contribution is 2.11. The van der Waals surface area contributed by atoms with Gasteiger partial charge < -0.3 is 10.6 Å². The van der Waals surface area contributed by atoms with Crippen molar-refractivity contribution in [2.24, 2.45) is 4.99 Å². The van der Waals surface area contributed by atoms with Gasteiger partial charge in [-0.1, -0.05) is 12.1 Å². The Morgan fingerprint density at radius 1 is 1.07 bits per heavy atom. The number of guanidine groups is 1. The Morgan fingerprint density at radius 3 is 2.14 bits per heavy atom. The summed E-state index contributed by atoms with van der Waals surface area (Å²) in [5, 5.41) is 6.63. The minimum absolute atomic E-state index is 0. The van der Waals surface area contributed by atoms with E-state index in [1.165, 1.54) is 7.05 Å². The molecule has 0 aromatic heterocycles. The van der Waals surface area contributed by atoms with Crippen molar-refractivity contribution in [2.45, 2.75) is 64.6 Å². The smallest absolute Gasteiger partial charge is 0.240 e. The molecule has 1 aromatic rings. The number of nitrogens with zero attached hydrogens (tertiary/aromatic N) is 2. The summed E-state index contributed by atoms with van der Waals surface area (Å²) in [6, 6.07) is 7.86. The molecule has 1 rings (SSSR count). The maximum absolute atomic E-state index is 11.8. The number of rotatable bonds is 11. The Morgan fingerprint density at radius 2 is 1.66 bits per heavy atom. The van der Waals surface area contributed by atoms with Gasteiger partial charge in [-0.3, -0.25) is 4.90 Å². The van der Waals surface area contributed by atoms with Crippen LogP contribution in [0.1, 0.15) is 46.6 Å². The maximum atomic E-state index is 11.8. The largest absolute Gasteiger partial charge is 0.357 e. The number of nitrogens with one attached hydrogen (secondary N) is 3. The van der Waals surface area contributed by atoms with Crippen LogP contribution in [0.2, 0.25) is 0 Å². The van der Waals surface area contributed by atoms with E-state index in [0.29, 0.717) is 18.6 Å². The van der Waals surface area contributed by atoms with Gasteiger partial charge >= 0.3 is 0 Å². The van der Waals surface area contributed by atoms with Gasteiger partial charge in [-0.15, -0.1) is 24.0 Å². The van der Waals surface area contributed by atoms with Gasteiger partial charge in [0.1, 0.15) is 0 Å². The summed E-state index contributed by atoms with van der Waals surface area (Å²) >= 11 is 0. The lowest BCUT2D eigenvalue weighted by Crippen LogP contribution is -2.41. The normalized spacial score (nSPS) is 12.4. The van der Waals surface area contributed by atoms with Gasteiger partial charge in [0, 0.05) is 31.7 Å². The van der Waals surface area contributed by atoms with Gasteiger partial charge in [-0.2, -0.15) is 0 Å². The van der Waals surface area contributed by atoms with E-state index in [-0.39, 0.29) is 28.9 Å². The van der Waals surface area contributed by atoms with Crippen LogP contribution in [0, 0.1) is 0 Å². The Labute approximate surface area is 194 Å². The number of benzene rings is 1. The van der Waals surface area contributed by atoms with Crippen LogP contribution in [0.25, 0.3) is 0 Å². The minimum Gasteiger partial charge on any atom is -0.357 e. The predicted octanol–water partition coefficient (Wildman–Crippen LogP) is 2.78. The topological polar surface area (TPSA) is 85.8 Å². The average molecular weight is 540 g/mol. The number of hydrogen-bond donors (Lipinski definition) is 3. The van der Waals surface area contributed by atoms with E-state index in [2.05, 4.69) is 52.9 Å². The van der Waals surface area contributed by atoms with Crippen molar-refractivity contribution in [3.63, 3.8) is 0 Å². The van der Waals surface area contributed by atoms with Crippen molar-refractivity contribution >= 4 is 40.0 Å². The molecule has 0 unspecified atom stereocenters. The lowest BCUT2D eigenvalue weighted by Gasteiger charge is -2.30. The molecular formula is C20H38IN5O2S. The van der Waals surface area contributed by atoms with Gasteiger partial charge in [0.2, 0.25) is 10.0 Å². The molecule has 0 amide bonds. The lowest BCUT2D eigenvalue weighted by atomic mass is 10.2. The summed E-state index contributed by atoms with van der Waals surface area (Å²) in [5.74, 6) is 0.773. The summed E-state index contributed by atoms with van der Waals surface area (Å²) < 4.78 is 25.9. The molecule has 0 radical (unpaired) electrons. The molecule has 29 heavy (non-hydrogen) atoms. The molecule has 0 bridgehead atoms. The molecule has 168 valence electrons. The van der Waals surface area contributed by atoms with E-state index in [1.54, 1.807) is 24.3 Å². The van der Waals surface area contributed by atoms with Gasteiger partial charge in [0.05, 0.1) is 11.4 Å². The first-order valence-electron chi connectivity index (χ1n) is 10.0. The Hall–Kier alpha value is -0.910. The molecular weight excluding hydrogens is 501 g/mol. The van der Waals surface area contributed by atoms with E-state index >= 15 is 0 Å². The molecule has 0 atom stereocenters. The van der Waals surface area contributed by atoms with E-state index < -0.39 is 10.0 Å². The van der Waals surface area contributed by atoms with Gasteiger partial charge in [0.25, 0.3) is 0 Å². The zero-order valence-electron chi connectivity index (χ0n) is 18.5. The Bertz CT molecular complexity index is 698. The molecule has 3 N–H and O–H groups in total. The van der Waals surface area contributed by atoms with Gasteiger partial charge in [0.15, 0.2) is 5.96 Å². The van der Waals surface area contributed by atoms with Crippen molar-refractivity contribution < 1.29 is 8.42 Å². The molecule has 0 aliphatic carbocycles. The summed E-state index contributed by atoms with van der Waals surface area (Å²) in [6.07, 6.45) is 1.04. The van der Waals surface area contributed by atoms with Crippen LogP contribution in [-0.4, -0.2) is 58.0 Å². The molecule has 1 aromatic carbocycles. The summed E-state index contributed by atoms with van der Waals surface area (Å²) in [5.41, 5.74) is 0.957. The van der Waals surface area contributed by atoms with Crippen LogP contribution in [0.15, 0.2) is 34.2 Å². The minimum atomic E-state index is -3.40. The van der Waals surface area contributed by atoms with Crippen LogP contribution in [0.3, 0.4) is 0 Å². The van der Waals surface area contributed by atoms with Gasteiger partial charge in [-0.25, -0.2) is 18.1 Å². The zero-order chi connectivity index (χ0) is 21.2. The fourth-order valence-corrected chi connectivity index (χ4v) is 3.72. The number of hydrogen-bond acceptors (Lipinski definition) is 4. The SMILES string of the molecule is CCNC(=NCc1ccc(S(=O)(=O)NC)cc1)NCCCN(C(C)C)C(C)C.I. The average Bonchev–Trinajstić information content (AvgIpc) is 2.65. The molecule has 0 fully saturated rings. The number of sulfonamides is 1. The van der Waals surface area contributed by atoms with Crippen LogP contribution < -0.4 is 15.4 Å². The van der Waals surface area contributed by atoms with Crippen molar-refractivity contribution in [1.29, 1.82) is 0 Å². The molecule has 0 heterocycles. The van der Waals surface area contributed by atoms with Crippen molar-refractivity contribution in [1.82, 2.24) is 20.3 Å². The Kier molecular flexibility index (Phi) is 13.7. The molecule has 9 heteroatoms. The summed E-state index contributed by atoms with van der Waals surface area (Å²) in [6.45, 7) is 14.1. The highest BCUT2D eigenvalue weighted by atomic mass is 127. The molecule has 0 saturated carbocycles. The number of aliphatic imine (C=N–C) groups is 1. The molecule has 0 aliphatic heterocycles. The first-order chi connectivity index (χ1) is 13.2. The molecule has 0 aliphatic rings. The molecule has 7 nitrogen and oxygen atoms in total. The lowest BCUT2D eigenvalue weighted by molar-refractivity contribution is 0.173. The summed E-state index contributed by atoms with van der Waals surface area (Å²) in [7, 11) is -2.00. The van der Waals surface area contributed by atoms with Crippen LogP contribution in [0.5, 0.6) is 0 Å². The second-order valence-electron chi connectivity index (χ2n) is 7.25. The van der Waals surface area contributed by atoms with E-state index in [9.17, 15) is 8.42 Å². The Balaban J connectivity index is 0.00000784. The van der Waals surface area contributed by atoms with Crippen molar-refractivity contribution in [3.05, 3.63) is 29.8 Å². The van der Waals surface area contributed by atoms with Crippen LogP contribution in [-0.2, 0) is 16.6 Å². The second kappa shape index (κ2) is 14.2. The van der Waals surface area contributed by atoms with E-state index in [0.717, 1.165) is 37.6 Å². The van der Waals surface area contributed by atoms with Crippen LogP contribution in [0.4, 0.5) is 0 Å². The zero-order valence-corrected chi connectivity index (χ0v) is 21.7. The highest BCUT2D eigenvalue weighted by molar-refractivity contribution is 14.0. The standard InChI is InChI=1S/C20H37N5O2S.HI/c1-7-22-20(23-13-8-14-25(16(2)3)17(4)5)24-15-18-9-11-19(12-10-18)28(26,27)21-6;/h9-12,16-17,21H,7-8,13-15H2,1-6H3,(H2,22,23,24);1H. The first-order valence-corrected chi connectivity index (χ1v) is 11.5. The first kappa shape index (κ1) is 28.1. The van der Waals surface area contributed by atoms with E-state index in [1.807, 2.05) is 6.92 Å². The predicted molar refractivity (Wildman–Crippen MR) is 133 cm³/mol. The highest BCUT2D eigenvalue weighted by Gasteiger charge is 2.12. The molecule has 0 saturated heterocycles. The van der Waals surface area contributed by atoms with E-state index in [4.69, 9.17) is 0 Å².